The molecule has 8 heteroatoms. The molecule has 1 saturated heterocycles. The zero-order valence-electron chi connectivity index (χ0n) is 19.0. The smallest absolute Gasteiger partial charge is 0.261 e. The normalized spacial score (nSPS) is 18.7. The van der Waals surface area contributed by atoms with Crippen LogP contribution in [0.1, 0.15) is 67.1 Å². The quantitative estimate of drug-likeness (QED) is 0.501. The van der Waals surface area contributed by atoms with E-state index in [4.69, 9.17) is 9.47 Å². The Morgan fingerprint density at radius 1 is 1.00 bits per heavy atom. The molecule has 0 N–H and O–H groups in total. The van der Waals surface area contributed by atoms with Crippen molar-refractivity contribution >= 4 is 23.5 Å². The van der Waals surface area contributed by atoms with E-state index in [9.17, 15) is 19.2 Å². The number of hydrogen-bond acceptors (Lipinski definition) is 6. The van der Waals surface area contributed by atoms with Crippen molar-refractivity contribution in [3.8, 4) is 5.75 Å². The summed E-state index contributed by atoms with van der Waals surface area (Å²) >= 11 is 0. The Labute approximate surface area is 197 Å². The molecule has 0 radical (unpaired) electrons. The minimum absolute atomic E-state index is 0.0680. The Hall–Kier alpha value is -3.52. The Balaban J connectivity index is 1.27. The van der Waals surface area contributed by atoms with Crippen LogP contribution in [-0.4, -0.2) is 72.3 Å². The third-order valence-electron chi connectivity index (χ3n) is 6.91. The zero-order chi connectivity index (χ0) is 23.9. The number of amides is 3. The van der Waals surface area contributed by atoms with Gasteiger partial charge in [-0.1, -0.05) is 12.1 Å². The van der Waals surface area contributed by atoms with Crippen molar-refractivity contribution in [3.63, 3.8) is 0 Å². The van der Waals surface area contributed by atoms with Crippen molar-refractivity contribution in [2.75, 3.05) is 33.4 Å². The molecule has 1 spiro atoms. The van der Waals surface area contributed by atoms with E-state index < -0.39 is 5.60 Å². The number of fused-ring (bicyclic) bond motifs is 2. The standard InChI is InChI=1S/C26H26N2O6/c1-33-14-4-11-28-24(31)18-8-7-17(15-20(18)25(28)32)23(30)27-12-9-26(10-13-27)16-21(29)19-5-2-3-6-22(19)34-26/h2-3,5-8,15H,4,9-14,16H2,1H3. The second-order valence-corrected chi connectivity index (χ2v) is 9.04. The van der Waals surface area contributed by atoms with Crippen LogP contribution >= 0.6 is 0 Å². The first-order chi connectivity index (χ1) is 16.4. The Kier molecular flexibility index (Phi) is 5.69. The SMILES string of the molecule is COCCCN1C(=O)c2ccc(C(=O)N3CCC4(CC3)CC(=O)c3ccccc3O4)cc2C1=O. The summed E-state index contributed by atoms with van der Waals surface area (Å²) in [7, 11) is 1.57. The number of methoxy groups -OCH3 is 1. The Morgan fingerprint density at radius 3 is 2.50 bits per heavy atom. The largest absolute Gasteiger partial charge is 0.486 e. The third kappa shape index (κ3) is 3.77. The number of carbonyl (C=O) groups excluding carboxylic acids is 4. The van der Waals surface area contributed by atoms with Gasteiger partial charge in [-0.3, -0.25) is 24.1 Å². The molecule has 8 nitrogen and oxygen atoms in total. The van der Waals surface area contributed by atoms with Gasteiger partial charge >= 0.3 is 0 Å². The summed E-state index contributed by atoms with van der Waals surface area (Å²) in [6, 6.07) is 12.0. The summed E-state index contributed by atoms with van der Waals surface area (Å²) < 4.78 is 11.3. The number of imide groups is 1. The second-order valence-electron chi connectivity index (χ2n) is 9.04. The summed E-state index contributed by atoms with van der Waals surface area (Å²) in [6.45, 7) is 1.62. The summed E-state index contributed by atoms with van der Waals surface area (Å²) in [5.74, 6) is -0.238. The predicted octanol–water partition coefficient (Wildman–Crippen LogP) is 2.96. The van der Waals surface area contributed by atoms with E-state index in [2.05, 4.69) is 0 Å². The molecule has 2 aromatic carbocycles. The van der Waals surface area contributed by atoms with Crippen molar-refractivity contribution in [2.45, 2.75) is 31.3 Å². The fraction of sp³-hybridized carbons (Fsp3) is 0.385. The summed E-state index contributed by atoms with van der Waals surface area (Å²) in [5, 5.41) is 0. The van der Waals surface area contributed by atoms with E-state index in [-0.39, 0.29) is 35.6 Å². The Morgan fingerprint density at radius 2 is 1.74 bits per heavy atom. The number of nitrogens with zero attached hydrogens (tertiary/aromatic N) is 2. The maximum absolute atomic E-state index is 13.2. The van der Waals surface area contributed by atoms with Gasteiger partial charge in [-0.2, -0.15) is 0 Å². The number of ketones is 1. The van der Waals surface area contributed by atoms with E-state index in [0.29, 0.717) is 67.8 Å². The molecule has 2 aromatic rings. The highest BCUT2D eigenvalue weighted by Gasteiger charge is 2.44. The average molecular weight is 463 g/mol. The highest BCUT2D eigenvalue weighted by molar-refractivity contribution is 6.22. The van der Waals surface area contributed by atoms with Crippen molar-refractivity contribution in [1.82, 2.24) is 9.80 Å². The highest BCUT2D eigenvalue weighted by Crippen LogP contribution is 2.39. The molecule has 176 valence electrons. The number of Topliss-reactive ketones (excluding diaryl/α,β-unsaturated/α-hetero) is 1. The topological polar surface area (TPSA) is 93.2 Å². The van der Waals surface area contributed by atoms with Crippen molar-refractivity contribution in [1.29, 1.82) is 0 Å². The number of ether oxygens (including phenoxy) is 2. The number of piperidine rings is 1. The van der Waals surface area contributed by atoms with Gasteiger partial charge in [0.25, 0.3) is 17.7 Å². The molecule has 3 aliphatic heterocycles. The predicted molar refractivity (Wildman–Crippen MR) is 122 cm³/mol. The number of hydrogen-bond donors (Lipinski definition) is 0. The first-order valence-corrected chi connectivity index (χ1v) is 11.5. The minimum atomic E-state index is -0.592. The second kappa shape index (κ2) is 8.68. The molecular formula is C26H26N2O6. The van der Waals surface area contributed by atoms with Crippen molar-refractivity contribution in [3.05, 3.63) is 64.7 Å². The van der Waals surface area contributed by atoms with Crippen LogP contribution in [0, 0.1) is 0 Å². The molecule has 34 heavy (non-hydrogen) atoms. The number of rotatable bonds is 5. The van der Waals surface area contributed by atoms with Gasteiger partial charge in [0.05, 0.1) is 23.1 Å². The van der Waals surface area contributed by atoms with E-state index in [1.807, 2.05) is 18.2 Å². The average Bonchev–Trinajstić information content (AvgIpc) is 3.08. The molecule has 0 atom stereocenters. The lowest BCUT2D eigenvalue weighted by atomic mass is 9.82. The molecule has 3 aliphatic rings. The first-order valence-electron chi connectivity index (χ1n) is 11.5. The summed E-state index contributed by atoms with van der Waals surface area (Å²) in [6.07, 6.45) is 1.96. The monoisotopic (exact) mass is 462 g/mol. The molecule has 0 saturated carbocycles. The van der Waals surface area contributed by atoms with Crippen LogP contribution in [0.2, 0.25) is 0 Å². The van der Waals surface area contributed by atoms with E-state index in [0.717, 1.165) is 0 Å². The maximum atomic E-state index is 13.2. The van der Waals surface area contributed by atoms with Gasteiger partial charge < -0.3 is 14.4 Å². The summed E-state index contributed by atoms with van der Waals surface area (Å²) in [4.78, 5) is 54.1. The molecule has 0 aliphatic carbocycles. The number of likely N-dealkylation sites (tertiary alicyclic amines) is 1. The molecule has 5 rings (SSSR count). The first kappa shape index (κ1) is 22.3. The molecule has 0 bridgehead atoms. The Bertz CT molecular complexity index is 1180. The van der Waals surface area contributed by atoms with Crippen LogP contribution in [0.5, 0.6) is 5.75 Å². The van der Waals surface area contributed by atoms with Gasteiger partial charge in [-0.05, 0) is 36.8 Å². The molecule has 3 heterocycles. The molecule has 0 unspecified atom stereocenters. The fourth-order valence-corrected chi connectivity index (χ4v) is 5.02. The van der Waals surface area contributed by atoms with Gasteiger partial charge in [-0.25, -0.2) is 0 Å². The van der Waals surface area contributed by atoms with Crippen molar-refractivity contribution in [2.24, 2.45) is 0 Å². The molecular weight excluding hydrogens is 436 g/mol. The van der Waals surface area contributed by atoms with Gasteiger partial charge in [0, 0.05) is 51.8 Å². The van der Waals surface area contributed by atoms with Gasteiger partial charge in [0.2, 0.25) is 0 Å². The lowest BCUT2D eigenvalue weighted by molar-refractivity contribution is -0.00572. The lowest BCUT2D eigenvalue weighted by Crippen LogP contribution is -2.52. The minimum Gasteiger partial charge on any atom is -0.486 e. The van der Waals surface area contributed by atoms with Crippen LogP contribution < -0.4 is 4.74 Å². The van der Waals surface area contributed by atoms with E-state index >= 15 is 0 Å². The van der Waals surface area contributed by atoms with Gasteiger partial charge in [0.15, 0.2) is 5.78 Å². The zero-order valence-corrected chi connectivity index (χ0v) is 19.0. The molecule has 0 aromatic heterocycles. The van der Waals surface area contributed by atoms with Gasteiger partial charge in [-0.15, -0.1) is 0 Å². The lowest BCUT2D eigenvalue weighted by Gasteiger charge is -2.44. The maximum Gasteiger partial charge on any atom is 0.261 e. The number of para-hydroxylation sites is 1. The fourth-order valence-electron chi connectivity index (χ4n) is 5.02. The number of benzene rings is 2. The van der Waals surface area contributed by atoms with E-state index in [1.54, 1.807) is 30.2 Å². The van der Waals surface area contributed by atoms with E-state index in [1.165, 1.54) is 11.0 Å². The third-order valence-corrected chi connectivity index (χ3v) is 6.91. The van der Waals surface area contributed by atoms with Crippen molar-refractivity contribution < 1.29 is 28.7 Å². The molecule has 3 amide bonds. The summed E-state index contributed by atoms with van der Waals surface area (Å²) in [5.41, 5.74) is 0.982. The van der Waals surface area contributed by atoms with Crippen LogP contribution in [0.4, 0.5) is 0 Å². The number of carbonyl (C=O) groups is 4. The van der Waals surface area contributed by atoms with Crippen LogP contribution in [0.25, 0.3) is 0 Å². The van der Waals surface area contributed by atoms with Crippen LogP contribution in [0.15, 0.2) is 42.5 Å². The van der Waals surface area contributed by atoms with Crippen LogP contribution in [-0.2, 0) is 4.74 Å². The molecule has 1 fully saturated rings. The van der Waals surface area contributed by atoms with Crippen LogP contribution in [0.3, 0.4) is 0 Å². The van der Waals surface area contributed by atoms with Gasteiger partial charge in [0.1, 0.15) is 11.4 Å². The highest BCUT2D eigenvalue weighted by atomic mass is 16.5.